The van der Waals surface area contributed by atoms with Crippen LogP contribution in [-0.4, -0.2) is 30.5 Å². The van der Waals surface area contributed by atoms with Gasteiger partial charge in [0.15, 0.2) is 15.0 Å². The summed E-state index contributed by atoms with van der Waals surface area (Å²) in [6, 6.07) is 3.06. The molecule has 0 bridgehead atoms. The van der Waals surface area contributed by atoms with Crippen LogP contribution in [0.4, 0.5) is 5.13 Å². The number of nitrogens with zero attached hydrogens (tertiary/aromatic N) is 2. The number of anilines is 1. The van der Waals surface area contributed by atoms with Gasteiger partial charge in [-0.3, -0.25) is 15.1 Å². The molecule has 8 heteroatoms. The van der Waals surface area contributed by atoms with Gasteiger partial charge in [0.05, 0.1) is 16.2 Å². The highest BCUT2D eigenvalue weighted by atomic mass is 32.2. The van der Waals surface area contributed by atoms with Crippen molar-refractivity contribution in [3.8, 4) is 0 Å². The van der Waals surface area contributed by atoms with Crippen molar-refractivity contribution >= 4 is 37.8 Å². The normalized spacial score (nSPS) is 16.1. The van der Waals surface area contributed by atoms with Gasteiger partial charge in [-0.05, 0) is 30.9 Å². The molecule has 0 aliphatic heterocycles. The Labute approximate surface area is 150 Å². The molecule has 2 aromatic rings. The molecule has 3 rings (SSSR count). The Bertz CT molecular complexity index is 866. The summed E-state index contributed by atoms with van der Waals surface area (Å²) >= 11 is 1.34. The summed E-state index contributed by atoms with van der Waals surface area (Å²) < 4.78 is 23.2. The van der Waals surface area contributed by atoms with Crippen LogP contribution in [0.1, 0.15) is 31.4 Å². The molecule has 6 nitrogen and oxygen atoms in total. The van der Waals surface area contributed by atoms with E-state index in [0.717, 1.165) is 31.9 Å². The number of pyridine rings is 1. The Morgan fingerprint density at radius 3 is 2.60 bits per heavy atom. The van der Waals surface area contributed by atoms with Gasteiger partial charge in [0.25, 0.3) is 5.91 Å². The van der Waals surface area contributed by atoms with Crippen LogP contribution >= 0.6 is 11.3 Å². The molecule has 0 aromatic carbocycles. The zero-order valence-corrected chi connectivity index (χ0v) is 15.4. The summed E-state index contributed by atoms with van der Waals surface area (Å²) in [5.41, 5.74) is 0.926. The predicted octanol–water partition coefficient (Wildman–Crippen LogP) is 3.15. The molecular weight excluding hydrogens is 358 g/mol. The molecule has 1 aliphatic rings. The van der Waals surface area contributed by atoms with Crippen molar-refractivity contribution in [3.05, 3.63) is 41.7 Å². The first-order valence-corrected chi connectivity index (χ1v) is 10.8. The third kappa shape index (κ3) is 4.52. The van der Waals surface area contributed by atoms with Crippen LogP contribution in [0.5, 0.6) is 0 Å². The van der Waals surface area contributed by atoms with Crippen molar-refractivity contribution < 1.29 is 13.2 Å². The van der Waals surface area contributed by atoms with Gasteiger partial charge in [0.1, 0.15) is 0 Å². The molecule has 1 saturated carbocycles. The molecule has 1 aliphatic carbocycles. The van der Waals surface area contributed by atoms with Gasteiger partial charge in [-0.15, -0.1) is 11.3 Å². The highest BCUT2D eigenvalue weighted by molar-refractivity contribution is 7.90. The maximum Gasteiger partial charge on any atom is 0.259 e. The van der Waals surface area contributed by atoms with Crippen molar-refractivity contribution in [3.63, 3.8) is 0 Å². The Morgan fingerprint density at radius 1 is 1.28 bits per heavy atom. The van der Waals surface area contributed by atoms with E-state index in [4.69, 9.17) is 0 Å². The van der Waals surface area contributed by atoms with E-state index >= 15 is 0 Å². The monoisotopic (exact) mass is 377 g/mol. The fourth-order valence-electron chi connectivity index (χ4n) is 2.85. The quantitative estimate of drug-likeness (QED) is 0.809. The van der Waals surface area contributed by atoms with Gasteiger partial charge < -0.3 is 0 Å². The van der Waals surface area contributed by atoms with Gasteiger partial charge in [0.2, 0.25) is 0 Å². The zero-order chi connectivity index (χ0) is 17.9. The second kappa shape index (κ2) is 7.45. The summed E-state index contributed by atoms with van der Waals surface area (Å²) in [6.45, 7) is 0. The average Bonchev–Trinajstić information content (AvgIpc) is 3.25. The number of hydrogen-bond donors (Lipinski definition) is 1. The average molecular weight is 377 g/mol. The van der Waals surface area contributed by atoms with E-state index in [2.05, 4.69) is 15.3 Å². The second-order valence-corrected chi connectivity index (χ2v) is 8.98. The predicted molar refractivity (Wildman–Crippen MR) is 98.0 cm³/mol. The molecule has 1 N–H and O–H groups in total. The first-order valence-electron chi connectivity index (χ1n) is 8.02. The van der Waals surface area contributed by atoms with Crippen LogP contribution in [0.15, 0.2) is 40.9 Å². The lowest BCUT2D eigenvalue weighted by Crippen LogP contribution is -2.15. The molecule has 1 fully saturated rings. The molecule has 25 heavy (non-hydrogen) atoms. The van der Waals surface area contributed by atoms with Crippen molar-refractivity contribution in [2.24, 2.45) is 5.92 Å². The number of carbonyl (C=O) groups is 1. The van der Waals surface area contributed by atoms with Crippen LogP contribution in [0.2, 0.25) is 0 Å². The SMILES string of the molecule is CS(=O)(=O)c1ccc(C(=CC2CCCC2)C(=O)Nc2nccs2)nc1. The summed E-state index contributed by atoms with van der Waals surface area (Å²) in [5, 5.41) is 5.09. The fraction of sp³-hybridized carbons (Fsp3) is 0.353. The Morgan fingerprint density at radius 2 is 2.04 bits per heavy atom. The topological polar surface area (TPSA) is 89.0 Å². The standard InChI is InChI=1S/C17H19N3O3S2/c1-25(22,23)13-6-7-15(19-11-13)14(10-12-4-2-3-5-12)16(21)20-17-18-8-9-24-17/h6-12H,2-5H2,1H3,(H,18,20,21). The molecule has 1 amide bonds. The van der Waals surface area contributed by atoms with Crippen molar-refractivity contribution in [2.75, 3.05) is 11.6 Å². The van der Waals surface area contributed by atoms with Crippen molar-refractivity contribution in [1.29, 1.82) is 0 Å². The van der Waals surface area contributed by atoms with Crippen molar-refractivity contribution in [2.45, 2.75) is 30.6 Å². The molecule has 0 spiro atoms. The van der Waals surface area contributed by atoms with Gasteiger partial charge >= 0.3 is 0 Å². The van der Waals surface area contributed by atoms with E-state index in [1.54, 1.807) is 17.6 Å². The number of amides is 1. The lowest BCUT2D eigenvalue weighted by Gasteiger charge is -2.10. The highest BCUT2D eigenvalue weighted by Gasteiger charge is 2.20. The molecule has 0 saturated heterocycles. The summed E-state index contributed by atoms with van der Waals surface area (Å²) in [5.74, 6) is 0.0647. The van der Waals surface area contributed by atoms with E-state index in [9.17, 15) is 13.2 Å². The van der Waals surface area contributed by atoms with Crippen LogP contribution in [0, 0.1) is 5.92 Å². The van der Waals surface area contributed by atoms with E-state index in [1.807, 2.05) is 6.08 Å². The van der Waals surface area contributed by atoms with Gasteiger partial charge in [-0.2, -0.15) is 0 Å². The van der Waals surface area contributed by atoms with Crippen molar-refractivity contribution in [1.82, 2.24) is 9.97 Å². The maximum atomic E-state index is 12.7. The van der Waals surface area contributed by atoms with Gasteiger partial charge in [-0.1, -0.05) is 18.9 Å². The fourth-order valence-corrected chi connectivity index (χ4v) is 3.93. The number of hydrogen-bond acceptors (Lipinski definition) is 6. The molecule has 132 valence electrons. The summed E-state index contributed by atoms with van der Waals surface area (Å²) in [4.78, 5) is 21.1. The number of thiazole rings is 1. The van der Waals surface area contributed by atoms with E-state index in [-0.39, 0.29) is 10.8 Å². The lowest BCUT2D eigenvalue weighted by atomic mass is 10.0. The Hall–Kier alpha value is -2.06. The van der Waals surface area contributed by atoms with Crippen LogP contribution < -0.4 is 5.32 Å². The smallest absolute Gasteiger partial charge is 0.259 e. The largest absolute Gasteiger partial charge is 0.298 e. The summed E-state index contributed by atoms with van der Waals surface area (Å²) in [7, 11) is -3.32. The minimum atomic E-state index is -3.32. The number of rotatable bonds is 5. The third-order valence-corrected chi connectivity index (χ3v) is 5.93. The first kappa shape index (κ1) is 17.8. The van der Waals surface area contributed by atoms with E-state index in [0.29, 0.717) is 22.3 Å². The molecule has 2 heterocycles. The number of sulfone groups is 1. The van der Waals surface area contributed by atoms with Gasteiger partial charge in [-0.25, -0.2) is 13.4 Å². The minimum absolute atomic E-state index is 0.136. The minimum Gasteiger partial charge on any atom is -0.298 e. The number of aromatic nitrogens is 2. The number of carbonyl (C=O) groups excluding carboxylic acids is 1. The van der Waals surface area contributed by atoms with E-state index in [1.165, 1.54) is 23.6 Å². The maximum absolute atomic E-state index is 12.7. The highest BCUT2D eigenvalue weighted by Crippen LogP contribution is 2.29. The van der Waals surface area contributed by atoms with Crippen LogP contribution in [0.25, 0.3) is 5.57 Å². The summed E-state index contributed by atoms with van der Waals surface area (Å²) in [6.07, 6.45) is 10.4. The number of allylic oxidation sites excluding steroid dienone is 1. The molecule has 0 radical (unpaired) electrons. The second-order valence-electron chi connectivity index (χ2n) is 6.07. The first-order chi connectivity index (χ1) is 11.9. The Balaban J connectivity index is 1.91. The molecular formula is C17H19N3O3S2. The molecule has 0 unspecified atom stereocenters. The Kier molecular flexibility index (Phi) is 5.29. The lowest BCUT2D eigenvalue weighted by molar-refractivity contribution is -0.111. The zero-order valence-electron chi connectivity index (χ0n) is 13.8. The molecule has 2 aromatic heterocycles. The molecule has 0 atom stereocenters. The van der Waals surface area contributed by atoms with Crippen LogP contribution in [0.3, 0.4) is 0 Å². The number of nitrogens with one attached hydrogen (secondary N) is 1. The van der Waals surface area contributed by atoms with E-state index < -0.39 is 9.84 Å². The van der Waals surface area contributed by atoms with Gasteiger partial charge in [0, 0.05) is 24.0 Å². The third-order valence-electron chi connectivity index (χ3n) is 4.14. The van der Waals surface area contributed by atoms with Crippen LogP contribution in [-0.2, 0) is 14.6 Å².